The molecule has 1 saturated heterocycles. The quantitative estimate of drug-likeness (QED) is 0.586. The molecular formula is C18H14BrClFN3O2. The van der Waals surface area contributed by atoms with Crippen molar-refractivity contribution in [1.29, 1.82) is 0 Å². The van der Waals surface area contributed by atoms with E-state index in [1.807, 2.05) is 37.2 Å². The number of halogens is 3. The highest BCUT2D eigenvalue weighted by Crippen LogP contribution is 2.29. The maximum atomic E-state index is 13.3. The predicted octanol–water partition coefficient (Wildman–Crippen LogP) is 3.77. The van der Waals surface area contributed by atoms with Crippen molar-refractivity contribution in [3.05, 3.63) is 62.8 Å². The second-order valence-electron chi connectivity index (χ2n) is 5.84. The highest BCUT2D eigenvalue weighted by molar-refractivity contribution is 9.10. The van der Waals surface area contributed by atoms with Gasteiger partial charge in [0.1, 0.15) is 11.4 Å². The van der Waals surface area contributed by atoms with Crippen LogP contribution in [0.25, 0.3) is 6.08 Å². The summed E-state index contributed by atoms with van der Waals surface area (Å²) in [5, 5.41) is 0.910. The number of rotatable bonds is 3. The standard InChI is InChI=1S/C18H14BrClFN3O2/c1-23(2)16-6-3-10(8-13(16)19)7-12-17(25)22-24(18(12)26)11-4-5-15(21)14(20)9-11/h3-9H,1-2H3,(H,22,25)/b12-7-. The number of nitrogens with zero attached hydrogens (tertiary/aromatic N) is 2. The molecule has 5 nitrogen and oxygen atoms in total. The van der Waals surface area contributed by atoms with E-state index in [1.54, 1.807) is 0 Å². The lowest BCUT2D eigenvalue weighted by Crippen LogP contribution is -2.35. The molecule has 8 heteroatoms. The van der Waals surface area contributed by atoms with Crippen molar-refractivity contribution in [2.45, 2.75) is 0 Å². The number of nitrogens with one attached hydrogen (secondary N) is 1. The lowest BCUT2D eigenvalue weighted by molar-refractivity contribution is -0.117. The topological polar surface area (TPSA) is 52.7 Å². The molecule has 1 fully saturated rings. The van der Waals surface area contributed by atoms with Gasteiger partial charge in [-0.1, -0.05) is 17.7 Å². The molecule has 0 radical (unpaired) electrons. The summed E-state index contributed by atoms with van der Waals surface area (Å²) in [5.41, 5.74) is 4.38. The zero-order valence-electron chi connectivity index (χ0n) is 13.9. The van der Waals surface area contributed by atoms with Gasteiger partial charge < -0.3 is 4.90 Å². The van der Waals surface area contributed by atoms with E-state index < -0.39 is 17.6 Å². The monoisotopic (exact) mass is 437 g/mol. The van der Waals surface area contributed by atoms with E-state index in [9.17, 15) is 14.0 Å². The van der Waals surface area contributed by atoms with Gasteiger partial charge in [0.25, 0.3) is 11.8 Å². The number of anilines is 2. The van der Waals surface area contributed by atoms with Crippen LogP contribution in [0.15, 0.2) is 46.4 Å². The first-order valence-corrected chi connectivity index (χ1v) is 8.74. The summed E-state index contributed by atoms with van der Waals surface area (Å²) >= 11 is 9.22. The minimum absolute atomic E-state index is 0.0186. The zero-order chi connectivity index (χ0) is 19.0. The molecule has 1 N–H and O–H groups in total. The third-order valence-corrected chi connectivity index (χ3v) is 4.74. The summed E-state index contributed by atoms with van der Waals surface area (Å²) in [4.78, 5) is 26.7. The molecule has 26 heavy (non-hydrogen) atoms. The molecule has 3 rings (SSSR count). The molecule has 2 amide bonds. The Balaban J connectivity index is 1.92. The number of hydrogen-bond acceptors (Lipinski definition) is 3. The number of benzene rings is 2. The van der Waals surface area contributed by atoms with Gasteiger partial charge in [-0.2, -0.15) is 0 Å². The van der Waals surface area contributed by atoms with Gasteiger partial charge in [-0.15, -0.1) is 0 Å². The van der Waals surface area contributed by atoms with Gasteiger partial charge in [0.2, 0.25) is 0 Å². The van der Waals surface area contributed by atoms with Gasteiger partial charge in [-0.3, -0.25) is 15.0 Å². The van der Waals surface area contributed by atoms with Crippen LogP contribution in [0.2, 0.25) is 5.02 Å². The Morgan fingerprint density at radius 2 is 1.92 bits per heavy atom. The Labute approximate surface area is 163 Å². The average Bonchev–Trinajstić information content (AvgIpc) is 2.85. The second kappa shape index (κ2) is 7.09. The van der Waals surface area contributed by atoms with Crippen molar-refractivity contribution in [3.8, 4) is 0 Å². The van der Waals surface area contributed by atoms with Crippen molar-refractivity contribution in [3.63, 3.8) is 0 Å². The summed E-state index contributed by atoms with van der Waals surface area (Å²) in [5.74, 6) is -1.68. The maximum Gasteiger partial charge on any atom is 0.282 e. The SMILES string of the molecule is CN(C)c1ccc(/C=C2/C(=O)NN(c3ccc(F)c(Cl)c3)C2=O)cc1Br. The van der Waals surface area contributed by atoms with E-state index in [4.69, 9.17) is 11.6 Å². The van der Waals surface area contributed by atoms with Crippen molar-refractivity contribution >= 4 is 56.8 Å². The molecule has 0 atom stereocenters. The van der Waals surface area contributed by atoms with Crippen molar-refractivity contribution in [2.75, 3.05) is 24.0 Å². The van der Waals surface area contributed by atoms with E-state index >= 15 is 0 Å². The molecular weight excluding hydrogens is 425 g/mol. The van der Waals surface area contributed by atoms with Gasteiger partial charge in [-0.25, -0.2) is 9.40 Å². The summed E-state index contributed by atoms with van der Waals surface area (Å²) in [6.07, 6.45) is 1.51. The average molecular weight is 439 g/mol. The van der Waals surface area contributed by atoms with E-state index in [2.05, 4.69) is 21.4 Å². The number of hydrogen-bond donors (Lipinski definition) is 1. The first-order valence-electron chi connectivity index (χ1n) is 7.57. The predicted molar refractivity (Wildman–Crippen MR) is 103 cm³/mol. The van der Waals surface area contributed by atoms with Crippen LogP contribution >= 0.6 is 27.5 Å². The van der Waals surface area contributed by atoms with Crippen molar-refractivity contribution < 1.29 is 14.0 Å². The van der Waals surface area contributed by atoms with Gasteiger partial charge in [-0.05, 0) is 57.9 Å². The molecule has 1 heterocycles. The largest absolute Gasteiger partial charge is 0.377 e. The summed E-state index contributed by atoms with van der Waals surface area (Å²) < 4.78 is 14.1. The molecule has 0 spiro atoms. The van der Waals surface area contributed by atoms with Gasteiger partial charge in [0.05, 0.1) is 16.4 Å². The highest BCUT2D eigenvalue weighted by Gasteiger charge is 2.34. The highest BCUT2D eigenvalue weighted by atomic mass is 79.9. The lowest BCUT2D eigenvalue weighted by atomic mass is 10.1. The Morgan fingerprint density at radius 1 is 1.19 bits per heavy atom. The van der Waals surface area contributed by atoms with Crippen molar-refractivity contribution in [1.82, 2.24) is 5.43 Å². The van der Waals surface area contributed by atoms with Crippen LogP contribution in [0.4, 0.5) is 15.8 Å². The molecule has 1 aliphatic rings. The van der Waals surface area contributed by atoms with Crippen LogP contribution in [0.3, 0.4) is 0 Å². The molecule has 134 valence electrons. The third kappa shape index (κ3) is 3.45. The number of carbonyl (C=O) groups excluding carboxylic acids is 2. The summed E-state index contributed by atoms with van der Waals surface area (Å²) in [6, 6.07) is 9.29. The van der Waals surface area contributed by atoms with Gasteiger partial charge >= 0.3 is 0 Å². The molecule has 0 saturated carbocycles. The third-order valence-electron chi connectivity index (χ3n) is 3.82. The number of amides is 2. The fourth-order valence-corrected chi connectivity index (χ4v) is 3.43. The molecule has 0 aliphatic carbocycles. The number of carbonyl (C=O) groups is 2. The van der Waals surface area contributed by atoms with Crippen LogP contribution in [0, 0.1) is 5.82 Å². The smallest absolute Gasteiger partial charge is 0.282 e. The van der Waals surface area contributed by atoms with E-state index in [0.29, 0.717) is 5.56 Å². The van der Waals surface area contributed by atoms with Gasteiger partial charge in [0, 0.05) is 18.6 Å². The van der Waals surface area contributed by atoms with E-state index in [0.717, 1.165) is 21.2 Å². The van der Waals surface area contributed by atoms with E-state index in [1.165, 1.54) is 18.2 Å². The number of hydrazine groups is 1. The second-order valence-corrected chi connectivity index (χ2v) is 7.10. The first kappa shape index (κ1) is 18.4. The Morgan fingerprint density at radius 3 is 2.54 bits per heavy atom. The van der Waals surface area contributed by atoms with E-state index in [-0.39, 0.29) is 16.3 Å². The normalized spacial score (nSPS) is 15.6. The Hall–Kier alpha value is -2.38. The van der Waals surface area contributed by atoms with Crippen LogP contribution in [0.5, 0.6) is 0 Å². The minimum atomic E-state index is -0.602. The molecule has 2 aromatic carbocycles. The Kier molecular flexibility index (Phi) is 5.02. The summed E-state index contributed by atoms with van der Waals surface area (Å²) in [6.45, 7) is 0. The zero-order valence-corrected chi connectivity index (χ0v) is 16.2. The summed E-state index contributed by atoms with van der Waals surface area (Å²) in [7, 11) is 3.83. The first-order chi connectivity index (χ1) is 12.3. The van der Waals surface area contributed by atoms with Crippen molar-refractivity contribution in [2.24, 2.45) is 0 Å². The van der Waals surface area contributed by atoms with Crippen LogP contribution in [-0.2, 0) is 9.59 Å². The van der Waals surface area contributed by atoms with Crippen LogP contribution < -0.4 is 15.3 Å². The molecule has 0 unspecified atom stereocenters. The molecule has 2 aromatic rings. The fourth-order valence-electron chi connectivity index (χ4n) is 2.51. The van der Waals surface area contributed by atoms with Gasteiger partial charge in [0.15, 0.2) is 0 Å². The lowest BCUT2D eigenvalue weighted by Gasteiger charge is -2.15. The minimum Gasteiger partial charge on any atom is -0.377 e. The van der Waals surface area contributed by atoms with Crippen LogP contribution in [-0.4, -0.2) is 25.9 Å². The maximum absolute atomic E-state index is 13.3. The molecule has 1 aliphatic heterocycles. The Bertz CT molecular complexity index is 946. The molecule has 0 aromatic heterocycles. The molecule has 0 bridgehead atoms. The van der Waals surface area contributed by atoms with Crippen LogP contribution in [0.1, 0.15) is 5.56 Å². The fraction of sp³-hybridized carbons (Fsp3) is 0.111.